The van der Waals surface area contributed by atoms with E-state index in [0.717, 1.165) is 23.5 Å². The number of carbonyl (C=O) groups is 1. The lowest BCUT2D eigenvalue weighted by atomic mass is 9.85. The number of carbonyl (C=O) groups excluding carboxylic acids is 1. The molecule has 1 amide bonds. The minimum atomic E-state index is -0.235. The first-order valence-electron chi connectivity index (χ1n) is 8.81. The highest BCUT2D eigenvalue weighted by molar-refractivity contribution is 5.77. The largest absolute Gasteiger partial charge is 0.457 e. The second-order valence-electron chi connectivity index (χ2n) is 7.43. The van der Waals surface area contributed by atoms with E-state index in [2.05, 4.69) is 45.1 Å². The summed E-state index contributed by atoms with van der Waals surface area (Å²) in [6.07, 6.45) is 0.620. The van der Waals surface area contributed by atoms with Crippen LogP contribution in [-0.2, 0) is 16.6 Å². The van der Waals surface area contributed by atoms with E-state index in [4.69, 9.17) is 10.00 Å². The van der Waals surface area contributed by atoms with Crippen molar-refractivity contribution >= 4 is 5.91 Å². The lowest BCUT2D eigenvalue weighted by Crippen LogP contribution is -2.24. The zero-order chi connectivity index (χ0) is 19.2. The monoisotopic (exact) mass is 350 g/mol. The second kappa shape index (κ2) is 8.53. The highest BCUT2D eigenvalue weighted by atomic mass is 16.5. The van der Waals surface area contributed by atoms with Crippen molar-refractivity contribution in [2.75, 3.05) is 6.54 Å². The number of aryl methyl sites for hydroxylation is 1. The number of amides is 1. The third-order valence-corrected chi connectivity index (χ3v) is 4.07. The maximum atomic E-state index is 11.3. The molecule has 4 heteroatoms. The first-order valence-corrected chi connectivity index (χ1v) is 8.81. The summed E-state index contributed by atoms with van der Waals surface area (Å²) in [6, 6.07) is 16.0. The molecule has 0 fully saturated rings. The average Bonchev–Trinajstić information content (AvgIpc) is 2.57. The molecule has 0 aliphatic carbocycles. The third-order valence-electron chi connectivity index (χ3n) is 4.07. The minimum absolute atomic E-state index is 0.00290. The molecule has 0 atom stereocenters. The SMILES string of the molecule is Cc1ccc(Oc2ccc(CCNC(=O)CC#N)cc2)c(C(C)(C)C)c1. The molecule has 2 aromatic carbocycles. The molecule has 0 aromatic heterocycles. The van der Waals surface area contributed by atoms with E-state index in [1.807, 2.05) is 36.4 Å². The van der Waals surface area contributed by atoms with E-state index in [-0.39, 0.29) is 17.7 Å². The van der Waals surface area contributed by atoms with Gasteiger partial charge in [-0.2, -0.15) is 5.26 Å². The Bertz CT molecular complexity index is 796. The van der Waals surface area contributed by atoms with Gasteiger partial charge >= 0.3 is 0 Å². The number of nitrogens with one attached hydrogen (secondary N) is 1. The fourth-order valence-electron chi connectivity index (χ4n) is 2.65. The molecular weight excluding hydrogens is 324 g/mol. The Labute approximate surface area is 155 Å². The van der Waals surface area contributed by atoms with Crippen LogP contribution in [-0.4, -0.2) is 12.5 Å². The van der Waals surface area contributed by atoms with E-state index in [0.29, 0.717) is 6.54 Å². The first kappa shape index (κ1) is 19.5. The van der Waals surface area contributed by atoms with Crippen LogP contribution in [0.15, 0.2) is 42.5 Å². The Morgan fingerprint density at radius 2 is 1.85 bits per heavy atom. The highest BCUT2D eigenvalue weighted by Crippen LogP contribution is 2.34. The van der Waals surface area contributed by atoms with Gasteiger partial charge in [0.25, 0.3) is 0 Å². The van der Waals surface area contributed by atoms with E-state index < -0.39 is 0 Å². The summed E-state index contributed by atoms with van der Waals surface area (Å²) in [5, 5.41) is 11.2. The number of hydrogen-bond acceptors (Lipinski definition) is 3. The topological polar surface area (TPSA) is 62.1 Å². The molecular formula is C22H26N2O2. The Kier molecular flexibility index (Phi) is 6.41. The molecule has 136 valence electrons. The van der Waals surface area contributed by atoms with Crippen molar-refractivity contribution in [2.24, 2.45) is 0 Å². The molecule has 0 aliphatic heterocycles. The van der Waals surface area contributed by atoms with E-state index in [1.165, 1.54) is 11.1 Å². The van der Waals surface area contributed by atoms with E-state index >= 15 is 0 Å². The van der Waals surface area contributed by atoms with Crippen molar-refractivity contribution in [3.05, 3.63) is 59.2 Å². The summed E-state index contributed by atoms with van der Waals surface area (Å²) in [4.78, 5) is 11.3. The van der Waals surface area contributed by atoms with Gasteiger partial charge in [-0.05, 0) is 42.5 Å². The molecule has 0 heterocycles. The first-order chi connectivity index (χ1) is 12.3. The number of ether oxygens (including phenoxy) is 1. The molecule has 0 aliphatic rings. The zero-order valence-corrected chi connectivity index (χ0v) is 15.9. The molecule has 0 spiro atoms. The Hall–Kier alpha value is -2.80. The van der Waals surface area contributed by atoms with Crippen LogP contribution in [0.25, 0.3) is 0 Å². The van der Waals surface area contributed by atoms with Crippen LogP contribution in [0.2, 0.25) is 0 Å². The van der Waals surface area contributed by atoms with Gasteiger partial charge in [0, 0.05) is 12.1 Å². The number of rotatable bonds is 6. The van der Waals surface area contributed by atoms with Gasteiger partial charge in [0.15, 0.2) is 0 Å². The summed E-state index contributed by atoms with van der Waals surface area (Å²) >= 11 is 0. The molecule has 2 rings (SSSR count). The smallest absolute Gasteiger partial charge is 0.234 e. The van der Waals surface area contributed by atoms with Crippen molar-refractivity contribution in [3.63, 3.8) is 0 Å². The van der Waals surface area contributed by atoms with Crippen LogP contribution >= 0.6 is 0 Å². The molecule has 0 unspecified atom stereocenters. The van der Waals surface area contributed by atoms with Crippen LogP contribution in [0.3, 0.4) is 0 Å². The van der Waals surface area contributed by atoms with Crippen molar-refractivity contribution < 1.29 is 9.53 Å². The molecule has 0 bridgehead atoms. The van der Waals surface area contributed by atoms with Crippen LogP contribution in [0.4, 0.5) is 0 Å². The molecule has 0 saturated heterocycles. The zero-order valence-electron chi connectivity index (χ0n) is 15.9. The van der Waals surface area contributed by atoms with Gasteiger partial charge in [0.1, 0.15) is 17.9 Å². The number of hydrogen-bond donors (Lipinski definition) is 1. The van der Waals surface area contributed by atoms with Crippen LogP contribution in [0.5, 0.6) is 11.5 Å². The summed E-state index contributed by atoms with van der Waals surface area (Å²) in [7, 11) is 0. The Balaban J connectivity index is 2.02. The molecule has 0 radical (unpaired) electrons. The summed E-state index contributed by atoms with van der Waals surface area (Å²) in [6.45, 7) is 9.14. The maximum Gasteiger partial charge on any atom is 0.234 e. The summed E-state index contributed by atoms with van der Waals surface area (Å²) < 4.78 is 6.11. The standard InChI is InChI=1S/C22H26N2O2/c1-16-5-10-20(19(15-16)22(2,3)4)26-18-8-6-17(7-9-18)12-14-24-21(25)11-13-23/h5-10,15H,11-12,14H2,1-4H3,(H,24,25). The Morgan fingerprint density at radius 1 is 1.15 bits per heavy atom. The van der Waals surface area contributed by atoms with Gasteiger partial charge < -0.3 is 10.1 Å². The number of nitrogens with zero attached hydrogens (tertiary/aromatic N) is 1. The van der Waals surface area contributed by atoms with Gasteiger partial charge in [-0.25, -0.2) is 0 Å². The van der Waals surface area contributed by atoms with Crippen molar-refractivity contribution in [3.8, 4) is 17.6 Å². The molecule has 4 nitrogen and oxygen atoms in total. The van der Waals surface area contributed by atoms with Crippen LogP contribution in [0, 0.1) is 18.3 Å². The van der Waals surface area contributed by atoms with E-state index in [1.54, 1.807) is 0 Å². The quantitative estimate of drug-likeness (QED) is 0.824. The van der Waals surface area contributed by atoms with Gasteiger partial charge in [-0.15, -0.1) is 0 Å². The molecule has 26 heavy (non-hydrogen) atoms. The Morgan fingerprint density at radius 3 is 2.46 bits per heavy atom. The van der Waals surface area contributed by atoms with Gasteiger partial charge in [-0.3, -0.25) is 4.79 Å². The minimum Gasteiger partial charge on any atom is -0.457 e. The van der Waals surface area contributed by atoms with Crippen LogP contribution in [0.1, 0.15) is 43.9 Å². The average molecular weight is 350 g/mol. The lowest BCUT2D eigenvalue weighted by molar-refractivity contribution is -0.120. The normalized spacial score (nSPS) is 10.9. The predicted octanol–water partition coefficient (Wildman–Crippen LogP) is 4.66. The number of nitriles is 1. The van der Waals surface area contributed by atoms with Crippen LogP contribution < -0.4 is 10.1 Å². The fraction of sp³-hybridized carbons (Fsp3) is 0.364. The molecule has 2 aromatic rings. The summed E-state index contributed by atoms with van der Waals surface area (Å²) in [5.41, 5.74) is 3.51. The predicted molar refractivity (Wildman–Crippen MR) is 103 cm³/mol. The lowest BCUT2D eigenvalue weighted by Gasteiger charge is -2.23. The molecule has 0 saturated carbocycles. The molecule has 1 N–H and O–H groups in total. The summed E-state index contributed by atoms with van der Waals surface area (Å²) in [5.74, 6) is 1.43. The van der Waals surface area contributed by atoms with Gasteiger partial charge in [-0.1, -0.05) is 50.6 Å². The number of benzene rings is 2. The van der Waals surface area contributed by atoms with Gasteiger partial charge in [0.2, 0.25) is 5.91 Å². The van der Waals surface area contributed by atoms with Crippen molar-refractivity contribution in [2.45, 2.75) is 46.0 Å². The second-order valence-corrected chi connectivity index (χ2v) is 7.43. The third kappa shape index (κ3) is 5.63. The van der Waals surface area contributed by atoms with Gasteiger partial charge in [0.05, 0.1) is 6.07 Å². The highest BCUT2D eigenvalue weighted by Gasteiger charge is 2.19. The van der Waals surface area contributed by atoms with E-state index in [9.17, 15) is 4.79 Å². The van der Waals surface area contributed by atoms with Crippen molar-refractivity contribution in [1.82, 2.24) is 5.32 Å². The van der Waals surface area contributed by atoms with Crippen molar-refractivity contribution in [1.29, 1.82) is 5.26 Å². The fourth-order valence-corrected chi connectivity index (χ4v) is 2.65. The maximum absolute atomic E-state index is 11.3.